The molecule has 0 N–H and O–H groups in total. The van der Waals surface area contributed by atoms with Gasteiger partial charge in [0.2, 0.25) is 0 Å². The summed E-state index contributed by atoms with van der Waals surface area (Å²) < 4.78 is 34.5. The van der Waals surface area contributed by atoms with Crippen molar-refractivity contribution in [3.63, 3.8) is 0 Å². The van der Waals surface area contributed by atoms with Crippen LogP contribution in [0.15, 0.2) is 255 Å². The zero-order valence-electron chi connectivity index (χ0n) is 46.4. The van der Waals surface area contributed by atoms with Crippen LogP contribution >= 0.6 is 14.3 Å². The Balaban J connectivity index is 1.17. The van der Waals surface area contributed by atoms with Gasteiger partial charge in [0.1, 0.15) is 0 Å². The number of benzene rings is 10. The van der Waals surface area contributed by atoms with E-state index in [1.807, 2.05) is 121 Å². The Morgan fingerprint density at radius 2 is 0.513 bits per heavy atom. The molecule has 0 amide bonds. The number of aromatic nitrogens is 1. The first-order valence-electron chi connectivity index (χ1n) is 27.3. The molecule has 0 spiro atoms. The van der Waals surface area contributed by atoms with E-state index in [0.717, 1.165) is 64.9 Å². The quantitative estimate of drug-likeness (QED) is 0.0956. The molecule has 78 heavy (non-hydrogen) atoms. The summed E-state index contributed by atoms with van der Waals surface area (Å²) in [6, 6.07) is 89.2. The number of nitrogens with zero attached hydrogens (tertiary/aromatic N) is 1. The summed E-state index contributed by atoms with van der Waals surface area (Å²) >= 11 is 0. The van der Waals surface area contributed by atoms with Crippen molar-refractivity contribution in [2.45, 2.75) is 84.0 Å². The maximum atomic E-state index is 16.1. The van der Waals surface area contributed by atoms with E-state index in [2.05, 4.69) is 200 Å². The van der Waals surface area contributed by atoms with Crippen molar-refractivity contribution in [3.8, 4) is 5.69 Å². The monoisotopic (exact) mass is 1050 g/mol. The van der Waals surface area contributed by atoms with Gasteiger partial charge in [0.15, 0.2) is 14.3 Å². The average molecular weight is 1050 g/mol. The van der Waals surface area contributed by atoms with Crippen LogP contribution < -0.4 is 31.8 Å². The van der Waals surface area contributed by atoms with Crippen LogP contribution in [-0.2, 0) is 30.8 Å². The first-order valence-corrected chi connectivity index (χ1v) is 30.7. The number of hydrogen-bond donors (Lipinski definition) is 0. The molecule has 0 aliphatic heterocycles. The van der Waals surface area contributed by atoms with E-state index in [-0.39, 0.29) is 16.2 Å². The summed E-state index contributed by atoms with van der Waals surface area (Å²) in [5.41, 5.74) is 10.7. The van der Waals surface area contributed by atoms with E-state index in [1.54, 1.807) is 0 Å². The molecule has 388 valence electrons. The van der Waals surface area contributed by atoms with Crippen molar-refractivity contribution in [2.75, 3.05) is 0 Å². The molecule has 1 heterocycles. The van der Waals surface area contributed by atoms with Gasteiger partial charge in [-0.3, -0.25) is 0 Å². The van der Waals surface area contributed by atoms with E-state index < -0.39 is 19.7 Å². The van der Waals surface area contributed by atoms with Crippen LogP contribution in [0.25, 0.3) is 27.5 Å². The summed E-state index contributed by atoms with van der Waals surface area (Å²) in [4.78, 5) is 0. The van der Waals surface area contributed by atoms with Gasteiger partial charge in [0, 0.05) is 48.3 Å². The molecule has 5 heteroatoms. The van der Waals surface area contributed by atoms with Gasteiger partial charge in [-0.15, -0.1) is 0 Å². The Morgan fingerprint density at radius 3 is 0.769 bits per heavy atom. The molecule has 0 saturated heterocycles. The molecule has 0 unspecified atom stereocenters. The zero-order valence-corrected chi connectivity index (χ0v) is 48.2. The molecule has 11 rings (SSSR count). The van der Waals surface area contributed by atoms with E-state index in [1.165, 1.54) is 33.4 Å². The van der Waals surface area contributed by atoms with Gasteiger partial charge in [-0.2, -0.15) is 0 Å². The van der Waals surface area contributed by atoms with Crippen LogP contribution in [0.5, 0.6) is 0 Å². The van der Waals surface area contributed by atoms with Gasteiger partial charge in [0.05, 0.1) is 16.4 Å². The molecule has 0 atom stereocenters. The fourth-order valence-corrected chi connectivity index (χ4v) is 17.0. The minimum absolute atomic E-state index is 0.0184. The predicted molar refractivity (Wildman–Crippen MR) is 334 cm³/mol. The van der Waals surface area contributed by atoms with Gasteiger partial charge >= 0.3 is 0 Å². The van der Waals surface area contributed by atoms with Crippen molar-refractivity contribution in [1.82, 2.24) is 4.57 Å². The normalized spacial score (nSPS) is 12.8. The lowest BCUT2D eigenvalue weighted by molar-refractivity contribution is 0.587. The van der Waals surface area contributed by atoms with Gasteiger partial charge in [-0.25, -0.2) is 0 Å². The molecule has 0 radical (unpaired) electrons. The van der Waals surface area contributed by atoms with E-state index in [4.69, 9.17) is 0 Å². The fraction of sp³-hybridized carbons (Fsp3) is 0.178. The minimum atomic E-state index is -3.38. The maximum absolute atomic E-state index is 16.1. The molecule has 0 bridgehead atoms. The third kappa shape index (κ3) is 9.16. The fourth-order valence-electron chi connectivity index (χ4n) is 11.6. The van der Waals surface area contributed by atoms with Crippen molar-refractivity contribution in [3.05, 3.63) is 294 Å². The Bertz CT molecular complexity index is 3630. The number of fused-ring (bicyclic) bond motifs is 3. The highest BCUT2D eigenvalue weighted by molar-refractivity contribution is 7.85. The Labute approximate surface area is 462 Å². The Morgan fingerprint density at radius 1 is 0.269 bits per heavy atom. The van der Waals surface area contributed by atoms with Crippen molar-refractivity contribution in [1.29, 1.82) is 0 Å². The lowest BCUT2D eigenvalue weighted by Crippen LogP contribution is -2.31. The third-order valence-corrected chi connectivity index (χ3v) is 22.2. The second-order valence-electron chi connectivity index (χ2n) is 24.1. The molecule has 0 saturated carbocycles. The van der Waals surface area contributed by atoms with Crippen LogP contribution in [0.3, 0.4) is 0 Å². The topological polar surface area (TPSA) is 39.1 Å². The Kier molecular flexibility index (Phi) is 13.5. The standard InChI is InChI=1S/C73H69NO2P2/c1-70(2,3)52-30-36-55(37-31-52)73(56-38-32-53(33-39-56)71(4,5)6,57-40-34-54(35-41-57)72(7,8)9)58-42-44-59(45-43-58)74-68-48-46-64(77(75,60-22-14-10-15-23-60)61-24-16-11-17-25-61)50-66(68)67-51-65(47-49-69(67)74)78(76,62-26-18-12-19-27-62)63-28-20-13-21-29-63/h10-51H,1-9H3. The van der Waals surface area contributed by atoms with Crippen LogP contribution in [0, 0.1) is 0 Å². The second kappa shape index (κ2) is 20.0. The summed E-state index contributed by atoms with van der Waals surface area (Å²) in [7, 11) is -6.75. The van der Waals surface area contributed by atoms with Crippen molar-refractivity contribution >= 4 is 67.9 Å². The lowest BCUT2D eigenvalue weighted by Gasteiger charge is -2.38. The first kappa shape index (κ1) is 52.5. The smallest absolute Gasteiger partial charge is 0.171 e. The summed E-state index contributed by atoms with van der Waals surface area (Å²) in [6.07, 6.45) is 0. The second-order valence-corrected chi connectivity index (χ2v) is 29.6. The van der Waals surface area contributed by atoms with Crippen molar-refractivity contribution in [2.24, 2.45) is 0 Å². The largest absolute Gasteiger partial charge is 0.309 e. The first-order chi connectivity index (χ1) is 37.3. The maximum Gasteiger partial charge on any atom is 0.171 e. The summed E-state index contributed by atoms with van der Waals surface area (Å²) in [5.74, 6) is 0. The summed E-state index contributed by atoms with van der Waals surface area (Å²) in [5, 5.41) is 6.41. The third-order valence-electron chi connectivity index (χ3n) is 16.0. The van der Waals surface area contributed by atoms with Gasteiger partial charge < -0.3 is 13.7 Å². The molecule has 0 aliphatic carbocycles. The number of rotatable bonds is 11. The molecule has 0 fully saturated rings. The number of hydrogen-bond acceptors (Lipinski definition) is 2. The van der Waals surface area contributed by atoms with E-state index in [9.17, 15) is 0 Å². The highest BCUT2D eigenvalue weighted by atomic mass is 31.2. The predicted octanol–water partition coefficient (Wildman–Crippen LogP) is 16.3. The Hall–Kier alpha value is -7.54. The minimum Gasteiger partial charge on any atom is -0.309 e. The molecular weight excluding hydrogens is 985 g/mol. The SMILES string of the molecule is CC(C)(C)c1ccc(C(c2ccc(-n3c4ccc(P(=O)(c5ccccc5)c5ccccc5)cc4c4cc(P(=O)(c5ccccc5)c5ccccc5)ccc43)cc2)(c2ccc(C(C)(C)C)cc2)c2ccc(C(C)(C)C)cc2)cc1. The molecule has 1 aromatic heterocycles. The average Bonchev–Trinajstić information content (AvgIpc) is 3.86. The van der Waals surface area contributed by atoms with Crippen LogP contribution in [0.2, 0.25) is 0 Å². The lowest BCUT2D eigenvalue weighted by atomic mass is 9.64. The van der Waals surface area contributed by atoms with E-state index >= 15 is 9.13 Å². The zero-order chi connectivity index (χ0) is 54.7. The van der Waals surface area contributed by atoms with Gasteiger partial charge in [-0.1, -0.05) is 269 Å². The highest BCUT2D eigenvalue weighted by Gasteiger charge is 2.40. The van der Waals surface area contributed by atoms with Gasteiger partial charge in [0.25, 0.3) is 0 Å². The summed E-state index contributed by atoms with van der Waals surface area (Å²) in [6.45, 7) is 20.5. The molecule has 11 aromatic rings. The highest BCUT2D eigenvalue weighted by Crippen LogP contribution is 2.49. The molecule has 10 aromatic carbocycles. The molecule has 0 aliphatic rings. The van der Waals surface area contributed by atoms with Crippen molar-refractivity contribution < 1.29 is 9.13 Å². The molecular formula is C73H69NO2P2. The van der Waals surface area contributed by atoms with Crippen LogP contribution in [0.1, 0.15) is 101 Å². The van der Waals surface area contributed by atoms with Crippen LogP contribution in [-0.4, -0.2) is 4.57 Å². The van der Waals surface area contributed by atoms with Gasteiger partial charge in [-0.05, 0) is 104 Å². The van der Waals surface area contributed by atoms with E-state index in [0.29, 0.717) is 0 Å². The molecule has 3 nitrogen and oxygen atoms in total. The van der Waals surface area contributed by atoms with Crippen LogP contribution in [0.4, 0.5) is 0 Å².